The largest absolute Gasteiger partial charge is 0.486 e. The summed E-state index contributed by atoms with van der Waals surface area (Å²) in [6.07, 6.45) is 0. The van der Waals surface area contributed by atoms with E-state index in [2.05, 4.69) is 0 Å². The number of halogens is 1. The Kier molecular flexibility index (Phi) is 3.21. The SMILES string of the molecule is Cc1ccc(C(=O)c2cc3c(cc2Cl)OCCO3)s1. The van der Waals surface area contributed by atoms with Gasteiger partial charge in [0.1, 0.15) is 13.2 Å². The standard InChI is InChI=1S/C14H11ClO3S/c1-8-2-3-13(19-8)14(16)9-6-11-12(7-10(9)15)18-5-4-17-11/h2-3,6-7H,4-5H2,1H3. The van der Waals surface area contributed by atoms with Gasteiger partial charge in [0.15, 0.2) is 11.5 Å². The van der Waals surface area contributed by atoms with Gasteiger partial charge < -0.3 is 9.47 Å². The lowest BCUT2D eigenvalue weighted by Crippen LogP contribution is -2.16. The molecule has 0 fully saturated rings. The van der Waals surface area contributed by atoms with Gasteiger partial charge in [-0.15, -0.1) is 11.3 Å². The first-order chi connectivity index (χ1) is 9.15. The zero-order valence-electron chi connectivity index (χ0n) is 10.2. The van der Waals surface area contributed by atoms with Crippen LogP contribution >= 0.6 is 22.9 Å². The summed E-state index contributed by atoms with van der Waals surface area (Å²) in [5, 5.41) is 0.389. The van der Waals surface area contributed by atoms with Crippen LogP contribution < -0.4 is 9.47 Å². The van der Waals surface area contributed by atoms with Crippen LogP contribution in [-0.2, 0) is 0 Å². The van der Waals surface area contributed by atoms with E-state index in [1.54, 1.807) is 12.1 Å². The van der Waals surface area contributed by atoms with Crippen molar-refractivity contribution in [2.45, 2.75) is 6.92 Å². The molecule has 0 radical (unpaired) electrons. The summed E-state index contributed by atoms with van der Waals surface area (Å²) >= 11 is 7.62. The van der Waals surface area contributed by atoms with E-state index in [0.717, 1.165) is 4.88 Å². The van der Waals surface area contributed by atoms with Crippen molar-refractivity contribution in [1.29, 1.82) is 0 Å². The number of hydrogen-bond acceptors (Lipinski definition) is 4. The van der Waals surface area contributed by atoms with Crippen LogP contribution in [0.5, 0.6) is 11.5 Å². The third kappa shape index (κ3) is 2.33. The van der Waals surface area contributed by atoms with Gasteiger partial charge in [0.2, 0.25) is 5.78 Å². The summed E-state index contributed by atoms with van der Waals surface area (Å²) in [7, 11) is 0. The average Bonchev–Trinajstić information content (AvgIpc) is 2.84. The van der Waals surface area contributed by atoms with E-state index in [9.17, 15) is 4.79 Å². The van der Waals surface area contributed by atoms with Crippen LogP contribution in [0.4, 0.5) is 0 Å². The van der Waals surface area contributed by atoms with Crippen LogP contribution in [-0.4, -0.2) is 19.0 Å². The van der Waals surface area contributed by atoms with Crippen LogP contribution in [0, 0.1) is 6.92 Å². The molecule has 2 heterocycles. The number of carbonyl (C=O) groups excluding carboxylic acids is 1. The van der Waals surface area contributed by atoms with Gasteiger partial charge in [-0.25, -0.2) is 0 Å². The van der Waals surface area contributed by atoms with Gasteiger partial charge in [0.25, 0.3) is 0 Å². The molecule has 98 valence electrons. The molecule has 1 aromatic heterocycles. The minimum absolute atomic E-state index is 0.0833. The number of benzene rings is 1. The maximum absolute atomic E-state index is 12.4. The number of ketones is 1. The second kappa shape index (κ2) is 4.87. The Morgan fingerprint density at radius 3 is 2.53 bits per heavy atom. The first-order valence-corrected chi connectivity index (χ1v) is 7.05. The molecular weight excluding hydrogens is 284 g/mol. The number of fused-ring (bicyclic) bond motifs is 1. The van der Waals surface area contributed by atoms with Crippen LogP contribution in [0.3, 0.4) is 0 Å². The lowest BCUT2D eigenvalue weighted by Gasteiger charge is -2.19. The highest BCUT2D eigenvalue weighted by Crippen LogP contribution is 2.36. The van der Waals surface area contributed by atoms with Crippen molar-refractivity contribution in [3.63, 3.8) is 0 Å². The van der Waals surface area contributed by atoms with E-state index in [0.29, 0.717) is 40.2 Å². The summed E-state index contributed by atoms with van der Waals surface area (Å²) in [4.78, 5) is 14.2. The van der Waals surface area contributed by atoms with Crippen LogP contribution in [0.1, 0.15) is 20.1 Å². The molecule has 1 aliphatic heterocycles. The predicted octanol–water partition coefficient (Wildman–Crippen LogP) is 3.71. The molecule has 0 bridgehead atoms. The fraction of sp³-hybridized carbons (Fsp3) is 0.214. The van der Waals surface area contributed by atoms with Crippen molar-refractivity contribution < 1.29 is 14.3 Å². The number of aryl methyl sites for hydroxylation is 1. The zero-order chi connectivity index (χ0) is 13.4. The first kappa shape index (κ1) is 12.5. The Hall–Kier alpha value is -1.52. The van der Waals surface area contributed by atoms with Gasteiger partial charge in [-0.1, -0.05) is 11.6 Å². The van der Waals surface area contributed by atoms with E-state index in [1.807, 2.05) is 19.1 Å². The minimum Gasteiger partial charge on any atom is -0.486 e. The summed E-state index contributed by atoms with van der Waals surface area (Å²) in [6.45, 7) is 2.95. The second-order valence-electron chi connectivity index (χ2n) is 4.22. The van der Waals surface area contributed by atoms with Gasteiger partial charge in [-0.3, -0.25) is 4.79 Å². The molecular formula is C14H11ClO3S. The highest BCUT2D eigenvalue weighted by atomic mass is 35.5. The molecule has 1 aliphatic rings. The molecule has 0 aliphatic carbocycles. The zero-order valence-corrected chi connectivity index (χ0v) is 11.8. The summed E-state index contributed by atoms with van der Waals surface area (Å²) in [5.41, 5.74) is 0.452. The summed E-state index contributed by atoms with van der Waals surface area (Å²) < 4.78 is 10.9. The van der Waals surface area contributed by atoms with Crippen molar-refractivity contribution in [2.24, 2.45) is 0 Å². The van der Waals surface area contributed by atoms with Crippen molar-refractivity contribution in [1.82, 2.24) is 0 Å². The van der Waals surface area contributed by atoms with Gasteiger partial charge in [0.05, 0.1) is 9.90 Å². The van der Waals surface area contributed by atoms with E-state index in [4.69, 9.17) is 21.1 Å². The van der Waals surface area contributed by atoms with Crippen LogP contribution in [0.25, 0.3) is 0 Å². The highest BCUT2D eigenvalue weighted by molar-refractivity contribution is 7.14. The van der Waals surface area contributed by atoms with E-state index in [1.165, 1.54) is 11.3 Å². The van der Waals surface area contributed by atoms with Crippen molar-refractivity contribution in [2.75, 3.05) is 13.2 Å². The molecule has 5 heteroatoms. The number of hydrogen-bond donors (Lipinski definition) is 0. The molecule has 0 saturated carbocycles. The van der Waals surface area contributed by atoms with Gasteiger partial charge in [0, 0.05) is 16.5 Å². The first-order valence-electron chi connectivity index (χ1n) is 5.85. The maximum Gasteiger partial charge on any atom is 0.204 e. The Morgan fingerprint density at radius 1 is 1.21 bits per heavy atom. The highest BCUT2D eigenvalue weighted by Gasteiger charge is 2.20. The van der Waals surface area contributed by atoms with Crippen molar-refractivity contribution >= 4 is 28.7 Å². The number of rotatable bonds is 2. The minimum atomic E-state index is -0.0833. The van der Waals surface area contributed by atoms with E-state index < -0.39 is 0 Å². The number of ether oxygens (including phenoxy) is 2. The number of carbonyl (C=O) groups is 1. The quantitative estimate of drug-likeness (QED) is 0.792. The molecule has 0 saturated heterocycles. The third-order valence-electron chi connectivity index (χ3n) is 2.84. The lowest BCUT2D eigenvalue weighted by atomic mass is 10.1. The molecule has 0 spiro atoms. The monoisotopic (exact) mass is 294 g/mol. The third-order valence-corrected chi connectivity index (χ3v) is 4.15. The van der Waals surface area contributed by atoms with E-state index in [-0.39, 0.29) is 5.78 Å². The normalized spacial score (nSPS) is 13.4. The maximum atomic E-state index is 12.4. The fourth-order valence-corrected chi connectivity index (χ4v) is 2.99. The molecule has 3 nitrogen and oxygen atoms in total. The average molecular weight is 295 g/mol. The Balaban J connectivity index is 2.03. The van der Waals surface area contributed by atoms with Crippen molar-refractivity contribution in [3.05, 3.63) is 44.6 Å². The van der Waals surface area contributed by atoms with Crippen molar-refractivity contribution in [3.8, 4) is 11.5 Å². The fourth-order valence-electron chi connectivity index (χ4n) is 1.93. The molecule has 0 atom stereocenters. The topological polar surface area (TPSA) is 35.5 Å². The second-order valence-corrected chi connectivity index (χ2v) is 5.91. The molecule has 0 unspecified atom stereocenters. The molecule has 19 heavy (non-hydrogen) atoms. The predicted molar refractivity (Wildman–Crippen MR) is 74.9 cm³/mol. The molecule has 1 aromatic carbocycles. The molecule has 3 rings (SSSR count). The lowest BCUT2D eigenvalue weighted by molar-refractivity contribution is 0.104. The summed E-state index contributed by atoms with van der Waals surface area (Å²) in [6, 6.07) is 7.04. The summed E-state index contributed by atoms with van der Waals surface area (Å²) in [5.74, 6) is 1.09. The van der Waals surface area contributed by atoms with Gasteiger partial charge in [-0.2, -0.15) is 0 Å². The molecule has 0 N–H and O–H groups in total. The Bertz CT molecular complexity index is 648. The molecule has 2 aromatic rings. The Labute approximate surface area is 119 Å². The smallest absolute Gasteiger partial charge is 0.204 e. The van der Waals surface area contributed by atoms with Crippen LogP contribution in [0.2, 0.25) is 5.02 Å². The van der Waals surface area contributed by atoms with Crippen LogP contribution in [0.15, 0.2) is 24.3 Å². The number of thiophene rings is 1. The molecule has 0 amide bonds. The van der Waals surface area contributed by atoms with Gasteiger partial charge in [-0.05, 0) is 25.1 Å². The van der Waals surface area contributed by atoms with E-state index >= 15 is 0 Å². The van der Waals surface area contributed by atoms with Gasteiger partial charge >= 0.3 is 0 Å². The Morgan fingerprint density at radius 2 is 1.89 bits per heavy atom.